The summed E-state index contributed by atoms with van der Waals surface area (Å²) in [5.41, 5.74) is -0.157. The summed E-state index contributed by atoms with van der Waals surface area (Å²) in [6.07, 6.45) is 6.67. The van der Waals surface area contributed by atoms with E-state index in [0.717, 1.165) is 38.5 Å². The number of carbonyl (C=O) groups is 2. The van der Waals surface area contributed by atoms with Gasteiger partial charge in [0.25, 0.3) is 0 Å². The van der Waals surface area contributed by atoms with Crippen molar-refractivity contribution >= 4 is 11.6 Å². The first-order valence-corrected chi connectivity index (χ1v) is 5.81. The minimum absolute atomic E-state index is 0.125. The van der Waals surface area contributed by atoms with Crippen LogP contribution < -0.4 is 0 Å². The van der Waals surface area contributed by atoms with E-state index in [1.807, 2.05) is 0 Å². The highest BCUT2D eigenvalue weighted by molar-refractivity contribution is 5.97. The molecule has 14 heavy (non-hydrogen) atoms. The number of hydrogen-bond acceptors (Lipinski definition) is 2. The van der Waals surface area contributed by atoms with Crippen LogP contribution in [0.25, 0.3) is 0 Å². The van der Waals surface area contributed by atoms with Crippen LogP contribution in [0.15, 0.2) is 0 Å². The van der Waals surface area contributed by atoms with Crippen LogP contribution in [0.5, 0.6) is 0 Å². The minimum Gasteiger partial charge on any atom is -0.299 e. The third-order valence-electron chi connectivity index (χ3n) is 4.75. The third kappa shape index (κ3) is 0.825. The van der Waals surface area contributed by atoms with Gasteiger partial charge in [0.15, 0.2) is 0 Å². The lowest BCUT2D eigenvalue weighted by Gasteiger charge is -2.37. The van der Waals surface area contributed by atoms with Gasteiger partial charge in [0.2, 0.25) is 0 Å². The van der Waals surface area contributed by atoms with Crippen LogP contribution in [-0.2, 0) is 9.59 Å². The predicted molar refractivity (Wildman–Crippen MR) is 51.7 cm³/mol. The van der Waals surface area contributed by atoms with E-state index < -0.39 is 0 Å². The number of hydrogen-bond donors (Lipinski definition) is 0. The molecule has 3 atom stereocenters. The summed E-state index contributed by atoms with van der Waals surface area (Å²) >= 11 is 0. The van der Waals surface area contributed by atoms with Crippen LogP contribution in [0.2, 0.25) is 0 Å². The lowest BCUT2D eigenvalue weighted by atomic mass is 9.64. The van der Waals surface area contributed by atoms with Gasteiger partial charge < -0.3 is 0 Å². The highest BCUT2D eigenvalue weighted by Crippen LogP contribution is 2.60. The molecule has 0 aliphatic heterocycles. The van der Waals surface area contributed by atoms with Crippen molar-refractivity contribution in [3.8, 4) is 0 Å². The van der Waals surface area contributed by atoms with Crippen molar-refractivity contribution < 1.29 is 9.59 Å². The monoisotopic (exact) mass is 192 g/mol. The van der Waals surface area contributed by atoms with Gasteiger partial charge in [-0.15, -0.1) is 0 Å². The van der Waals surface area contributed by atoms with Crippen molar-refractivity contribution in [3.63, 3.8) is 0 Å². The average Bonchev–Trinajstić information content (AvgIpc) is 2.67. The van der Waals surface area contributed by atoms with Gasteiger partial charge in [-0.1, -0.05) is 6.42 Å². The second-order valence-electron chi connectivity index (χ2n) is 5.17. The van der Waals surface area contributed by atoms with Crippen LogP contribution in [-0.4, -0.2) is 11.6 Å². The van der Waals surface area contributed by atoms with Crippen molar-refractivity contribution in [1.82, 2.24) is 0 Å². The highest BCUT2D eigenvalue weighted by atomic mass is 16.1. The van der Waals surface area contributed by atoms with E-state index in [9.17, 15) is 9.59 Å². The molecule has 76 valence electrons. The van der Waals surface area contributed by atoms with E-state index in [2.05, 4.69) is 0 Å². The molecule has 1 spiro atoms. The normalized spacial score (nSPS) is 46.6. The number of ketones is 2. The van der Waals surface area contributed by atoms with E-state index in [1.165, 1.54) is 0 Å². The summed E-state index contributed by atoms with van der Waals surface area (Å²) in [6.45, 7) is 0. The topological polar surface area (TPSA) is 34.1 Å². The van der Waals surface area contributed by atoms with Crippen LogP contribution in [0.1, 0.15) is 44.9 Å². The first-order valence-electron chi connectivity index (χ1n) is 5.81. The van der Waals surface area contributed by atoms with Crippen LogP contribution in [0.4, 0.5) is 0 Å². The van der Waals surface area contributed by atoms with Gasteiger partial charge in [-0.05, 0) is 31.6 Å². The summed E-state index contributed by atoms with van der Waals surface area (Å²) < 4.78 is 0. The minimum atomic E-state index is -0.157. The molecular weight excluding hydrogens is 176 g/mol. The Morgan fingerprint density at radius 2 is 2.00 bits per heavy atom. The molecule has 3 fully saturated rings. The van der Waals surface area contributed by atoms with Crippen molar-refractivity contribution in [2.75, 3.05) is 0 Å². The largest absolute Gasteiger partial charge is 0.299 e. The van der Waals surface area contributed by atoms with E-state index in [1.54, 1.807) is 0 Å². The van der Waals surface area contributed by atoms with Gasteiger partial charge >= 0.3 is 0 Å². The maximum absolute atomic E-state index is 12.1. The molecule has 0 aromatic heterocycles. The fourth-order valence-electron chi connectivity index (χ4n) is 4.20. The molecule has 3 unspecified atom stereocenters. The number of rotatable bonds is 0. The zero-order valence-electron chi connectivity index (χ0n) is 8.42. The molecule has 2 heteroatoms. The third-order valence-corrected chi connectivity index (χ3v) is 4.75. The Labute approximate surface area is 84.1 Å². The van der Waals surface area contributed by atoms with E-state index in [4.69, 9.17) is 0 Å². The fourth-order valence-corrected chi connectivity index (χ4v) is 4.20. The molecule has 0 saturated heterocycles. The predicted octanol–water partition coefficient (Wildman–Crippen LogP) is 2.11. The summed E-state index contributed by atoms with van der Waals surface area (Å²) in [6, 6.07) is 0. The van der Waals surface area contributed by atoms with Gasteiger partial charge in [0, 0.05) is 24.2 Å². The molecule has 0 radical (unpaired) electrons. The van der Waals surface area contributed by atoms with Gasteiger partial charge in [0.1, 0.15) is 11.6 Å². The van der Waals surface area contributed by atoms with Crippen molar-refractivity contribution in [2.24, 2.45) is 17.3 Å². The Bertz CT molecular complexity index is 307. The molecule has 3 saturated carbocycles. The molecule has 0 N–H and O–H groups in total. The maximum Gasteiger partial charge on any atom is 0.140 e. The molecular formula is C12H16O2. The quantitative estimate of drug-likeness (QED) is 0.589. The summed E-state index contributed by atoms with van der Waals surface area (Å²) in [7, 11) is 0. The fraction of sp³-hybridized carbons (Fsp3) is 0.833. The molecule has 3 aliphatic rings. The van der Waals surface area contributed by atoms with Crippen molar-refractivity contribution in [3.05, 3.63) is 0 Å². The van der Waals surface area contributed by atoms with E-state index in [0.29, 0.717) is 23.9 Å². The lowest BCUT2D eigenvalue weighted by molar-refractivity contribution is -0.137. The lowest BCUT2D eigenvalue weighted by Crippen LogP contribution is -2.40. The molecule has 0 amide bonds. The molecule has 2 nitrogen and oxygen atoms in total. The van der Waals surface area contributed by atoms with Gasteiger partial charge in [-0.3, -0.25) is 9.59 Å². The van der Waals surface area contributed by atoms with Gasteiger partial charge in [-0.2, -0.15) is 0 Å². The SMILES string of the molecule is O=C1CC2CCCC(=O)C23CCCC13. The Hall–Kier alpha value is -0.660. The van der Waals surface area contributed by atoms with Gasteiger partial charge in [-0.25, -0.2) is 0 Å². The molecule has 0 bridgehead atoms. The van der Waals surface area contributed by atoms with E-state index in [-0.39, 0.29) is 11.3 Å². The first kappa shape index (κ1) is 8.63. The number of carbonyl (C=O) groups excluding carboxylic acids is 2. The highest BCUT2D eigenvalue weighted by Gasteiger charge is 2.61. The molecule has 3 rings (SSSR count). The van der Waals surface area contributed by atoms with Crippen LogP contribution >= 0.6 is 0 Å². The Kier molecular flexibility index (Phi) is 1.65. The van der Waals surface area contributed by atoms with Gasteiger partial charge in [0.05, 0.1) is 0 Å². The smallest absolute Gasteiger partial charge is 0.140 e. The Morgan fingerprint density at radius 1 is 1.14 bits per heavy atom. The Balaban J connectivity index is 2.07. The zero-order chi connectivity index (χ0) is 9.76. The second-order valence-corrected chi connectivity index (χ2v) is 5.17. The van der Waals surface area contributed by atoms with Crippen molar-refractivity contribution in [1.29, 1.82) is 0 Å². The second kappa shape index (κ2) is 2.68. The molecule has 0 heterocycles. The molecule has 0 aromatic carbocycles. The standard InChI is InChI=1S/C12H16O2/c13-10-7-8-3-1-5-11(14)12(8)6-2-4-9(10)12/h8-9H,1-7H2. The molecule has 0 aromatic rings. The average molecular weight is 192 g/mol. The molecule has 3 aliphatic carbocycles. The number of Topliss-reactive ketones (excluding diaryl/α,β-unsaturated/α-hetero) is 2. The Morgan fingerprint density at radius 3 is 2.86 bits per heavy atom. The summed E-state index contributed by atoms with van der Waals surface area (Å²) in [5, 5.41) is 0. The van der Waals surface area contributed by atoms with Crippen molar-refractivity contribution in [2.45, 2.75) is 44.9 Å². The van der Waals surface area contributed by atoms with Crippen LogP contribution in [0.3, 0.4) is 0 Å². The maximum atomic E-state index is 12.1. The summed E-state index contributed by atoms with van der Waals surface area (Å²) in [4.78, 5) is 23.9. The van der Waals surface area contributed by atoms with Crippen LogP contribution in [0, 0.1) is 17.3 Å². The first-order chi connectivity index (χ1) is 6.75. The summed E-state index contributed by atoms with van der Waals surface area (Å²) in [5.74, 6) is 1.36. The zero-order valence-corrected chi connectivity index (χ0v) is 8.42. The van der Waals surface area contributed by atoms with E-state index >= 15 is 0 Å².